The second kappa shape index (κ2) is 8.20. The van der Waals surface area contributed by atoms with Crippen molar-refractivity contribution in [3.05, 3.63) is 29.6 Å². The van der Waals surface area contributed by atoms with Gasteiger partial charge < -0.3 is 10.1 Å². The van der Waals surface area contributed by atoms with Crippen LogP contribution in [0.3, 0.4) is 0 Å². The van der Waals surface area contributed by atoms with E-state index in [2.05, 4.69) is 26.2 Å². The minimum atomic E-state index is -0.0593. The number of carbonyl (C=O) groups is 1. The van der Waals surface area contributed by atoms with Crippen molar-refractivity contribution >= 4 is 21.8 Å². The van der Waals surface area contributed by atoms with Gasteiger partial charge in [-0.05, 0) is 25.5 Å². The molecule has 17 heavy (non-hydrogen) atoms. The van der Waals surface area contributed by atoms with Gasteiger partial charge in [0.1, 0.15) is 0 Å². The number of pyridine rings is 1. The van der Waals surface area contributed by atoms with E-state index in [1.54, 1.807) is 18.3 Å². The van der Waals surface area contributed by atoms with E-state index in [1.165, 1.54) is 0 Å². The average Bonchev–Trinajstić information content (AvgIpc) is 2.33. The fraction of sp³-hybridized carbons (Fsp3) is 0.500. The summed E-state index contributed by atoms with van der Waals surface area (Å²) in [7, 11) is 0. The Morgan fingerprint density at radius 3 is 3.06 bits per heavy atom. The Hall–Kier alpha value is -0.940. The van der Waals surface area contributed by atoms with Crippen LogP contribution in [0.5, 0.6) is 0 Å². The normalized spacial score (nSPS) is 10.2. The topological polar surface area (TPSA) is 51.2 Å². The standard InChI is InChI=1S/C12H17BrN2O2/c1-10-9-11(3-6-14-10)12(16)15-5-2-7-17-8-4-13/h3,6,9H,2,4-5,7-8H2,1H3,(H,15,16). The number of aromatic nitrogens is 1. The van der Waals surface area contributed by atoms with Crippen LogP contribution in [0.4, 0.5) is 0 Å². The Morgan fingerprint density at radius 2 is 2.35 bits per heavy atom. The van der Waals surface area contributed by atoms with Crippen molar-refractivity contribution in [1.29, 1.82) is 0 Å². The van der Waals surface area contributed by atoms with E-state index in [-0.39, 0.29) is 5.91 Å². The number of hydrogen-bond donors (Lipinski definition) is 1. The van der Waals surface area contributed by atoms with Crippen molar-refractivity contribution in [3.63, 3.8) is 0 Å². The third-order valence-electron chi connectivity index (χ3n) is 2.13. The first-order valence-electron chi connectivity index (χ1n) is 5.58. The predicted octanol–water partition coefficient (Wildman–Crippen LogP) is 1.92. The third kappa shape index (κ3) is 5.79. The van der Waals surface area contributed by atoms with Gasteiger partial charge in [-0.2, -0.15) is 0 Å². The van der Waals surface area contributed by atoms with Gasteiger partial charge in [0.2, 0.25) is 0 Å². The summed E-state index contributed by atoms with van der Waals surface area (Å²) in [4.78, 5) is 15.7. The first kappa shape index (κ1) is 14.1. The van der Waals surface area contributed by atoms with Crippen LogP contribution in [-0.4, -0.2) is 36.0 Å². The summed E-state index contributed by atoms with van der Waals surface area (Å²) in [5, 5.41) is 3.69. The van der Waals surface area contributed by atoms with Crippen molar-refractivity contribution in [2.45, 2.75) is 13.3 Å². The molecule has 1 amide bonds. The molecule has 0 aromatic carbocycles. The van der Waals surface area contributed by atoms with Crippen molar-refractivity contribution in [3.8, 4) is 0 Å². The molecule has 1 heterocycles. The maximum absolute atomic E-state index is 11.7. The van der Waals surface area contributed by atoms with Crippen LogP contribution >= 0.6 is 15.9 Å². The van der Waals surface area contributed by atoms with Gasteiger partial charge in [0.05, 0.1) is 6.61 Å². The highest BCUT2D eigenvalue weighted by atomic mass is 79.9. The molecule has 1 rings (SSSR count). The van der Waals surface area contributed by atoms with E-state index in [4.69, 9.17) is 4.74 Å². The second-order valence-electron chi connectivity index (χ2n) is 3.60. The molecule has 1 N–H and O–H groups in total. The molecular weight excluding hydrogens is 284 g/mol. The van der Waals surface area contributed by atoms with Gasteiger partial charge >= 0.3 is 0 Å². The molecular formula is C12H17BrN2O2. The third-order valence-corrected chi connectivity index (χ3v) is 2.46. The Labute approximate surface area is 110 Å². The monoisotopic (exact) mass is 300 g/mol. The SMILES string of the molecule is Cc1cc(C(=O)NCCCOCCBr)ccn1. The zero-order valence-electron chi connectivity index (χ0n) is 9.91. The summed E-state index contributed by atoms with van der Waals surface area (Å²) in [6.45, 7) is 3.87. The average molecular weight is 301 g/mol. The Kier molecular flexibility index (Phi) is 6.81. The van der Waals surface area contributed by atoms with E-state index >= 15 is 0 Å². The number of carbonyl (C=O) groups excluding carboxylic acids is 1. The lowest BCUT2D eigenvalue weighted by molar-refractivity contribution is 0.0944. The molecule has 0 aliphatic rings. The summed E-state index contributed by atoms with van der Waals surface area (Å²) in [5.74, 6) is -0.0593. The number of hydrogen-bond acceptors (Lipinski definition) is 3. The van der Waals surface area contributed by atoms with Crippen molar-refractivity contribution in [1.82, 2.24) is 10.3 Å². The van der Waals surface area contributed by atoms with Crippen LogP contribution in [-0.2, 0) is 4.74 Å². The Balaban J connectivity index is 2.21. The van der Waals surface area contributed by atoms with Gasteiger partial charge in [0.15, 0.2) is 0 Å². The summed E-state index contributed by atoms with van der Waals surface area (Å²) in [5.41, 5.74) is 1.50. The first-order valence-corrected chi connectivity index (χ1v) is 6.70. The van der Waals surface area contributed by atoms with Crippen molar-refractivity contribution < 1.29 is 9.53 Å². The van der Waals surface area contributed by atoms with Crippen LogP contribution in [0.2, 0.25) is 0 Å². The molecule has 0 radical (unpaired) electrons. The minimum Gasteiger partial charge on any atom is -0.381 e. The highest BCUT2D eigenvalue weighted by molar-refractivity contribution is 9.09. The number of alkyl halides is 1. The van der Waals surface area contributed by atoms with Crippen LogP contribution in [0, 0.1) is 6.92 Å². The van der Waals surface area contributed by atoms with Gasteiger partial charge in [-0.15, -0.1) is 0 Å². The number of nitrogens with one attached hydrogen (secondary N) is 1. The molecule has 0 atom stereocenters. The summed E-state index contributed by atoms with van der Waals surface area (Å²) in [6.07, 6.45) is 2.46. The molecule has 0 fully saturated rings. The maximum atomic E-state index is 11.7. The fourth-order valence-electron chi connectivity index (χ4n) is 1.32. The molecule has 0 aliphatic carbocycles. The predicted molar refractivity (Wildman–Crippen MR) is 70.5 cm³/mol. The number of aryl methyl sites for hydroxylation is 1. The van der Waals surface area contributed by atoms with Gasteiger partial charge in [-0.3, -0.25) is 9.78 Å². The fourth-order valence-corrected chi connectivity index (χ4v) is 1.55. The maximum Gasteiger partial charge on any atom is 0.251 e. The molecule has 1 aromatic heterocycles. The first-order chi connectivity index (χ1) is 8.24. The summed E-state index contributed by atoms with van der Waals surface area (Å²) >= 11 is 3.28. The quantitative estimate of drug-likeness (QED) is 0.618. The van der Waals surface area contributed by atoms with Gasteiger partial charge in [0, 0.05) is 35.9 Å². The largest absolute Gasteiger partial charge is 0.381 e. The summed E-state index contributed by atoms with van der Waals surface area (Å²) < 4.78 is 5.28. The zero-order chi connectivity index (χ0) is 12.5. The molecule has 0 aliphatic heterocycles. The molecule has 0 saturated heterocycles. The number of amides is 1. The van der Waals surface area contributed by atoms with E-state index in [0.29, 0.717) is 25.3 Å². The lowest BCUT2D eigenvalue weighted by atomic mass is 10.2. The van der Waals surface area contributed by atoms with Crippen molar-refractivity contribution in [2.24, 2.45) is 0 Å². The van der Waals surface area contributed by atoms with E-state index in [1.807, 2.05) is 6.92 Å². The molecule has 5 heteroatoms. The highest BCUT2D eigenvalue weighted by Gasteiger charge is 2.04. The molecule has 0 bridgehead atoms. The minimum absolute atomic E-state index is 0.0593. The van der Waals surface area contributed by atoms with Crippen molar-refractivity contribution in [2.75, 3.05) is 25.1 Å². The zero-order valence-corrected chi connectivity index (χ0v) is 11.5. The Morgan fingerprint density at radius 1 is 1.53 bits per heavy atom. The molecule has 4 nitrogen and oxygen atoms in total. The number of halogens is 1. The van der Waals surface area contributed by atoms with E-state index in [9.17, 15) is 4.79 Å². The number of rotatable bonds is 7. The summed E-state index contributed by atoms with van der Waals surface area (Å²) in [6, 6.07) is 3.49. The lowest BCUT2D eigenvalue weighted by Gasteiger charge is -2.05. The number of nitrogens with zero attached hydrogens (tertiary/aromatic N) is 1. The molecule has 0 spiro atoms. The van der Waals surface area contributed by atoms with Crippen LogP contribution < -0.4 is 5.32 Å². The van der Waals surface area contributed by atoms with Gasteiger partial charge in [-0.1, -0.05) is 15.9 Å². The second-order valence-corrected chi connectivity index (χ2v) is 4.39. The number of ether oxygens (including phenoxy) is 1. The van der Waals surface area contributed by atoms with E-state index in [0.717, 1.165) is 17.4 Å². The van der Waals surface area contributed by atoms with E-state index < -0.39 is 0 Å². The van der Waals surface area contributed by atoms with Crippen LogP contribution in [0.25, 0.3) is 0 Å². The van der Waals surface area contributed by atoms with Gasteiger partial charge in [-0.25, -0.2) is 0 Å². The smallest absolute Gasteiger partial charge is 0.251 e. The molecule has 94 valence electrons. The molecule has 0 saturated carbocycles. The van der Waals surface area contributed by atoms with Gasteiger partial charge in [0.25, 0.3) is 5.91 Å². The highest BCUT2D eigenvalue weighted by Crippen LogP contribution is 2.00. The van der Waals surface area contributed by atoms with Crippen LogP contribution in [0.1, 0.15) is 22.5 Å². The molecule has 1 aromatic rings. The Bertz CT molecular complexity index is 358. The molecule has 0 unspecified atom stereocenters. The lowest BCUT2D eigenvalue weighted by Crippen LogP contribution is -2.25. The van der Waals surface area contributed by atoms with Crippen LogP contribution in [0.15, 0.2) is 18.3 Å².